The van der Waals surface area contributed by atoms with Crippen LogP contribution in [0.3, 0.4) is 0 Å². The number of aryl methyl sites for hydroxylation is 2. The van der Waals surface area contributed by atoms with Gasteiger partial charge in [-0.15, -0.1) is 0 Å². The van der Waals surface area contributed by atoms with Crippen molar-refractivity contribution < 1.29 is 14.3 Å². The zero-order valence-electron chi connectivity index (χ0n) is 14.8. The van der Waals surface area contributed by atoms with E-state index in [2.05, 4.69) is 0 Å². The summed E-state index contributed by atoms with van der Waals surface area (Å²) in [6.07, 6.45) is 1.57. The van der Waals surface area contributed by atoms with Crippen molar-refractivity contribution in [2.24, 2.45) is 0 Å². The summed E-state index contributed by atoms with van der Waals surface area (Å²) >= 11 is 0. The molecule has 1 heterocycles. The summed E-state index contributed by atoms with van der Waals surface area (Å²) in [6.45, 7) is 10.2. The van der Waals surface area contributed by atoms with E-state index in [0.717, 1.165) is 29.5 Å². The molecule has 1 aromatic rings. The third kappa shape index (κ3) is 4.34. The summed E-state index contributed by atoms with van der Waals surface area (Å²) in [6, 6.07) is 5.69. The Morgan fingerprint density at radius 1 is 1.22 bits per heavy atom. The predicted octanol–water partition coefficient (Wildman–Crippen LogP) is 3.81. The molecule has 0 N–H and O–H groups in total. The van der Waals surface area contributed by atoms with Gasteiger partial charge in [-0.2, -0.15) is 0 Å². The minimum absolute atomic E-state index is 0.103. The van der Waals surface area contributed by atoms with Crippen LogP contribution in [0.1, 0.15) is 50.3 Å². The molecule has 1 amide bonds. The first-order valence-electron chi connectivity index (χ1n) is 8.26. The smallest absolute Gasteiger partial charge is 0.410 e. The van der Waals surface area contributed by atoms with E-state index in [0.29, 0.717) is 13.0 Å². The molecule has 2 rings (SSSR count). The number of carbonyl (C=O) groups excluding carboxylic acids is 2. The largest absolute Gasteiger partial charge is 0.444 e. The first kappa shape index (κ1) is 17.5. The Bertz CT molecular complexity index is 581. The third-order valence-corrected chi connectivity index (χ3v) is 4.25. The Hall–Kier alpha value is -1.84. The molecule has 1 aliphatic rings. The molecule has 0 bridgehead atoms. The van der Waals surface area contributed by atoms with Crippen molar-refractivity contribution in [1.82, 2.24) is 4.90 Å². The van der Waals surface area contributed by atoms with E-state index in [4.69, 9.17) is 4.74 Å². The predicted molar refractivity (Wildman–Crippen MR) is 90.6 cm³/mol. The number of rotatable bonds is 3. The molecule has 0 saturated carbocycles. The average Bonchev–Trinajstić information content (AvgIpc) is 2.90. The molecule has 4 nitrogen and oxygen atoms in total. The highest BCUT2D eigenvalue weighted by Gasteiger charge is 2.36. The van der Waals surface area contributed by atoms with Gasteiger partial charge in [-0.1, -0.05) is 18.2 Å². The van der Waals surface area contributed by atoms with Gasteiger partial charge in [0.25, 0.3) is 0 Å². The SMILES string of the molecule is Cc1cccc(C)c1CC(=O)C1CCCN1C(=O)OC(C)(C)C. The molecule has 1 aliphatic heterocycles. The van der Waals surface area contributed by atoms with Crippen LogP contribution in [0, 0.1) is 13.8 Å². The number of hydrogen-bond acceptors (Lipinski definition) is 3. The van der Waals surface area contributed by atoms with E-state index >= 15 is 0 Å². The Morgan fingerprint density at radius 2 is 1.83 bits per heavy atom. The van der Waals surface area contributed by atoms with Gasteiger partial charge in [-0.3, -0.25) is 9.69 Å². The number of carbonyl (C=O) groups is 2. The Labute approximate surface area is 138 Å². The van der Waals surface area contributed by atoms with Crippen molar-refractivity contribution in [2.45, 2.75) is 65.5 Å². The van der Waals surface area contributed by atoms with Crippen LogP contribution in [0.25, 0.3) is 0 Å². The number of ketones is 1. The fraction of sp³-hybridized carbons (Fsp3) is 0.579. The van der Waals surface area contributed by atoms with E-state index in [-0.39, 0.29) is 17.9 Å². The average molecular weight is 317 g/mol. The molecular formula is C19H27NO3. The lowest BCUT2D eigenvalue weighted by molar-refractivity contribution is -0.122. The van der Waals surface area contributed by atoms with Crippen LogP contribution >= 0.6 is 0 Å². The van der Waals surface area contributed by atoms with Crippen molar-refractivity contribution in [3.8, 4) is 0 Å². The molecule has 0 aromatic heterocycles. The van der Waals surface area contributed by atoms with Gasteiger partial charge in [0, 0.05) is 13.0 Å². The maximum absolute atomic E-state index is 12.8. The maximum atomic E-state index is 12.8. The second kappa shape index (κ2) is 6.73. The van der Waals surface area contributed by atoms with Crippen LogP contribution in [0.4, 0.5) is 4.79 Å². The van der Waals surface area contributed by atoms with Crippen molar-refractivity contribution in [1.29, 1.82) is 0 Å². The highest BCUT2D eigenvalue weighted by Crippen LogP contribution is 2.24. The minimum Gasteiger partial charge on any atom is -0.444 e. The molecule has 1 fully saturated rings. The van der Waals surface area contributed by atoms with Crippen LogP contribution in [0.2, 0.25) is 0 Å². The number of benzene rings is 1. The zero-order chi connectivity index (χ0) is 17.2. The second-order valence-electron chi connectivity index (χ2n) is 7.35. The molecule has 0 radical (unpaired) electrons. The first-order valence-corrected chi connectivity index (χ1v) is 8.26. The lowest BCUT2D eigenvalue weighted by atomic mass is 9.95. The molecule has 4 heteroatoms. The molecule has 0 aliphatic carbocycles. The van der Waals surface area contributed by atoms with Crippen molar-refractivity contribution in [3.63, 3.8) is 0 Å². The number of hydrogen-bond donors (Lipinski definition) is 0. The van der Waals surface area contributed by atoms with E-state index in [9.17, 15) is 9.59 Å². The highest BCUT2D eigenvalue weighted by atomic mass is 16.6. The second-order valence-corrected chi connectivity index (χ2v) is 7.35. The summed E-state index contributed by atoms with van der Waals surface area (Å²) in [5.74, 6) is 0.103. The Balaban J connectivity index is 2.10. The third-order valence-electron chi connectivity index (χ3n) is 4.25. The quantitative estimate of drug-likeness (QED) is 0.851. The van der Waals surface area contributed by atoms with E-state index in [1.165, 1.54) is 0 Å². The zero-order valence-corrected chi connectivity index (χ0v) is 14.8. The Morgan fingerprint density at radius 3 is 2.39 bits per heavy atom. The Kier molecular flexibility index (Phi) is 5.12. The molecular weight excluding hydrogens is 290 g/mol. The summed E-state index contributed by atoms with van der Waals surface area (Å²) in [7, 11) is 0. The van der Waals surface area contributed by atoms with Gasteiger partial charge in [0.15, 0.2) is 5.78 Å². The summed E-state index contributed by atoms with van der Waals surface area (Å²) in [4.78, 5) is 26.7. The van der Waals surface area contributed by atoms with Gasteiger partial charge in [0.05, 0.1) is 6.04 Å². The van der Waals surface area contributed by atoms with Gasteiger partial charge in [-0.05, 0) is 64.2 Å². The van der Waals surface area contributed by atoms with Gasteiger partial charge in [0.1, 0.15) is 5.60 Å². The van der Waals surface area contributed by atoms with Gasteiger partial charge in [0.2, 0.25) is 0 Å². The molecule has 1 aromatic carbocycles. The normalized spacial score (nSPS) is 18.1. The molecule has 0 spiro atoms. The van der Waals surface area contributed by atoms with Gasteiger partial charge >= 0.3 is 6.09 Å². The number of likely N-dealkylation sites (tertiary alicyclic amines) is 1. The fourth-order valence-corrected chi connectivity index (χ4v) is 3.06. The van der Waals surface area contributed by atoms with Crippen LogP contribution in [0.15, 0.2) is 18.2 Å². The van der Waals surface area contributed by atoms with E-state index in [1.54, 1.807) is 4.90 Å². The van der Waals surface area contributed by atoms with Crippen LogP contribution in [-0.4, -0.2) is 35.0 Å². The number of Topliss-reactive ketones (excluding diaryl/α,β-unsaturated/α-hetero) is 1. The molecule has 1 unspecified atom stereocenters. The number of amides is 1. The molecule has 1 saturated heterocycles. The monoisotopic (exact) mass is 317 g/mol. The number of nitrogens with zero attached hydrogens (tertiary/aromatic N) is 1. The molecule has 1 atom stereocenters. The van der Waals surface area contributed by atoms with Crippen LogP contribution < -0.4 is 0 Å². The fourth-order valence-electron chi connectivity index (χ4n) is 3.06. The lowest BCUT2D eigenvalue weighted by Gasteiger charge is -2.28. The topological polar surface area (TPSA) is 46.6 Å². The van der Waals surface area contributed by atoms with E-state index < -0.39 is 5.60 Å². The summed E-state index contributed by atoms with van der Waals surface area (Å²) in [5, 5.41) is 0. The molecule has 23 heavy (non-hydrogen) atoms. The van der Waals surface area contributed by atoms with Gasteiger partial charge in [-0.25, -0.2) is 4.79 Å². The van der Waals surface area contributed by atoms with Crippen LogP contribution in [-0.2, 0) is 16.0 Å². The summed E-state index contributed by atoms with van der Waals surface area (Å²) < 4.78 is 5.43. The first-order chi connectivity index (χ1) is 10.7. The van der Waals surface area contributed by atoms with Crippen LogP contribution in [0.5, 0.6) is 0 Å². The standard InChI is InChI=1S/C19H27NO3/c1-13-8-6-9-14(2)15(13)12-17(21)16-10-7-11-20(16)18(22)23-19(3,4)5/h6,8-9,16H,7,10-12H2,1-5H3. The summed E-state index contributed by atoms with van der Waals surface area (Å²) in [5.41, 5.74) is 2.79. The van der Waals surface area contributed by atoms with E-state index in [1.807, 2.05) is 52.8 Å². The van der Waals surface area contributed by atoms with Crippen molar-refractivity contribution >= 4 is 11.9 Å². The van der Waals surface area contributed by atoms with Crippen molar-refractivity contribution in [2.75, 3.05) is 6.54 Å². The lowest BCUT2D eigenvalue weighted by Crippen LogP contribution is -2.43. The van der Waals surface area contributed by atoms with Gasteiger partial charge < -0.3 is 4.74 Å². The minimum atomic E-state index is -0.542. The van der Waals surface area contributed by atoms with Crippen molar-refractivity contribution in [3.05, 3.63) is 34.9 Å². The molecule has 126 valence electrons. The maximum Gasteiger partial charge on any atom is 0.410 e. The highest BCUT2D eigenvalue weighted by molar-refractivity contribution is 5.90. The number of ether oxygens (including phenoxy) is 1.